The van der Waals surface area contributed by atoms with Crippen LogP contribution in [0.4, 0.5) is 5.69 Å². The predicted octanol–water partition coefficient (Wildman–Crippen LogP) is 1.18. The van der Waals surface area contributed by atoms with Crippen molar-refractivity contribution in [3.8, 4) is 5.88 Å². The third kappa shape index (κ3) is 2.39. The summed E-state index contributed by atoms with van der Waals surface area (Å²) in [5.41, 5.74) is 6.27. The lowest BCUT2D eigenvalue weighted by molar-refractivity contribution is 0.0517. The number of rotatable bonds is 2. The van der Waals surface area contributed by atoms with E-state index in [4.69, 9.17) is 10.5 Å². The lowest BCUT2D eigenvalue weighted by Gasteiger charge is -2.34. The van der Waals surface area contributed by atoms with Crippen molar-refractivity contribution >= 4 is 5.69 Å². The van der Waals surface area contributed by atoms with E-state index in [1.165, 1.54) is 0 Å². The van der Waals surface area contributed by atoms with E-state index in [9.17, 15) is 0 Å². The predicted molar refractivity (Wildman–Crippen MR) is 59.8 cm³/mol. The summed E-state index contributed by atoms with van der Waals surface area (Å²) in [4.78, 5) is 4.15. The first-order chi connectivity index (χ1) is 7.20. The SMILES string of the molecule is CC1(Oc2ncccc2N)CCNCC1. The van der Waals surface area contributed by atoms with Crippen LogP contribution in [0.5, 0.6) is 5.88 Å². The Morgan fingerprint density at radius 2 is 2.20 bits per heavy atom. The Kier molecular flexibility index (Phi) is 2.77. The molecule has 0 aromatic carbocycles. The third-order valence-corrected chi connectivity index (χ3v) is 2.80. The van der Waals surface area contributed by atoms with Crippen LogP contribution in [0, 0.1) is 0 Å². The van der Waals surface area contributed by atoms with Gasteiger partial charge in [-0.2, -0.15) is 0 Å². The number of ether oxygens (including phenoxy) is 1. The Labute approximate surface area is 89.8 Å². The molecule has 0 bridgehead atoms. The van der Waals surface area contributed by atoms with Crippen molar-refractivity contribution in [2.24, 2.45) is 0 Å². The molecule has 0 spiro atoms. The van der Waals surface area contributed by atoms with Crippen molar-refractivity contribution < 1.29 is 4.74 Å². The van der Waals surface area contributed by atoms with Crippen LogP contribution in [-0.2, 0) is 0 Å². The normalized spacial score (nSPS) is 19.8. The molecule has 0 amide bonds. The fraction of sp³-hybridized carbons (Fsp3) is 0.545. The summed E-state index contributed by atoms with van der Waals surface area (Å²) >= 11 is 0. The molecule has 0 aliphatic carbocycles. The second-order valence-corrected chi connectivity index (χ2v) is 4.20. The van der Waals surface area contributed by atoms with Gasteiger partial charge in [-0.3, -0.25) is 0 Å². The van der Waals surface area contributed by atoms with E-state index in [-0.39, 0.29) is 5.60 Å². The van der Waals surface area contributed by atoms with Gasteiger partial charge in [0.2, 0.25) is 5.88 Å². The molecule has 0 atom stereocenters. The van der Waals surface area contributed by atoms with Crippen molar-refractivity contribution in [2.45, 2.75) is 25.4 Å². The summed E-state index contributed by atoms with van der Waals surface area (Å²) in [7, 11) is 0. The maximum atomic E-state index is 5.90. The summed E-state index contributed by atoms with van der Waals surface area (Å²) in [6.45, 7) is 4.09. The number of aromatic nitrogens is 1. The molecular weight excluding hydrogens is 190 g/mol. The van der Waals surface area contributed by atoms with Gasteiger partial charge in [0.1, 0.15) is 5.60 Å². The molecule has 1 fully saturated rings. The maximum Gasteiger partial charge on any atom is 0.237 e. The quantitative estimate of drug-likeness (QED) is 0.764. The van der Waals surface area contributed by atoms with E-state index in [2.05, 4.69) is 17.2 Å². The maximum absolute atomic E-state index is 5.90. The fourth-order valence-electron chi connectivity index (χ4n) is 1.78. The summed E-state index contributed by atoms with van der Waals surface area (Å²) in [6.07, 6.45) is 3.68. The number of piperidine rings is 1. The fourth-order valence-corrected chi connectivity index (χ4v) is 1.78. The minimum Gasteiger partial charge on any atom is -0.470 e. The average Bonchev–Trinajstić information content (AvgIpc) is 2.22. The van der Waals surface area contributed by atoms with Crippen molar-refractivity contribution in [2.75, 3.05) is 18.8 Å². The van der Waals surface area contributed by atoms with Crippen LogP contribution in [-0.4, -0.2) is 23.7 Å². The number of anilines is 1. The molecule has 1 saturated heterocycles. The van der Waals surface area contributed by atoms with Gasteiger partial charge in [0, 0.05) is 6.20 Å². The van der Waals surface area contributed by atoms with Gasteiger partial charge in [0.05, 0.1) is 5.69 Å². The zero-order valence-corrected chi connectivity index (χ0v) is 8.99. The Morgan fingerprint density at radius 3 is 2.87 bits per heavy atom. The van der Waals surface area contributed by atoms with Gasteiger partial charge in [-0.25, -0.2) is 4.98 Å². The first kappa shape index (κ1) is 10.2. The van der Waals surface area contributed by atoms with Crippen molar-refractivity contribution in [3.63, 3.8) is 0 Å². The molecular formula is C11H17N3O. The molecule has 1 aromatic rings. The van der Waals surface area contributed by atoms with Gasteiger partial charge in [0.15, 0.2) is 0 Å². The number of nitrogens with one attached hydrogen (secondary N) is 1. The minimum atomic E-state index is -0.131. The topological polar surface area (TPSA) is 60.2 Å². The van der Waals surface area contributed by atoms with E-state index in [1.807, 2.05) is 12.1 Å². The number of nitrogens with zero attached hydrogens (tertiary/aromatic N) is 1. The highest BCUT2D eigenvalue weighted by Crippen LogP contribution is 2.27. The molecule has 3 N–H and O–H groups in total. The van der Waals surface area contributed by atoms with Crippen molar-refractivity contribution in [1.29, 1.82) is 0 Å². The molecule has 1 aliphatic rings. The number of nitrogen functional groups attached to an aromatic ring is 1. The van der Waals surface area contributed by atoms with Crippen LogP contribution in [0.15, 0.2) is 18.3 Å². The smallest absolute Gasteiger partial charge is 0.237 e. The van der Waals surface area contributed by atoms with E-state index >= 15 is 0 Å². The number of hydrogen-bond donors (Lipinski definition) is 2. The standard InChI is InChI=1S/C11H17N3O/c1-11(4-7-13-8-5-11)15-10-9(12)3-2-6-14-10/h2-3,6,13H,4-5,7-8,12H2,1H3. The van der Waals surface area contributed by atoms with Crippen LogP contribution < -0.4 is 15.8 Å². The molecule has 4 heteroatoms. The summed E-state index contributed by atoms with van der Waals surface area (Å²) in [5.74, 6) is 0.557. The molecule has 2 rings (SSSR count). The molecule has 0 saturated carbocycles. The van der Waals surface area contributed by atoms with Crippen LogP contribution >= 0.6 is 0 Å². The molecule has 1 aromatic heterocycles. The van der Waals surface area contributed by atoms with Gasteiger partial charge >= 0.3 is 0 Å². The largest absolute Gasteiger partial charge is 0.470 e. The molecule has 2 heterocycles. The summed E-state index contributed by atoms with van der Waals surface area (Å²) < 4.78 is 5.90. The van der Waals surface area contributed by atoms with E-state index < -0.39 is 0 Å². The van der Waals surface area contributed by atoms with E-state index in [0.717, 1.165) is 25.9 Å². The second kappa shape index (κ2) is 4.06. The second-order valence-electron chi connectivity index (χ2n) is 4.20. The molecule has 0 radical (unpaired) electrons. The van der Waals surface area contributed by atoms with Crippen LogP contribution in [0.2, 0.25) is 0 Å². The van der Waals surface area contributed by atoms with E-state index in [0.29, 0.717) is 11.6 Å². The summed E-state index contributed by atoms with van der Waals surface area (Å²) in [5, 5.41) is 3.31. The van der Waals surface area contributed by atoms with Gasteiger partial charge in [-0.1, -0.05) is 0 Å². The first-order valence-electron chi connectivity index (χ1n) is 5.30. The van der Waals surface area contributed by atoms with Gasteiger partial charge in [-0.05, 0) is 45.0 Å². The first-order valence-corrected chi connectivity index (χ1v) is 5.30. The molecule has 1 aliphatic heterocycles. The van der Waals surface area contributed by atoms with Gasteiger partial charge < -0.3 is 15.8 Å². The zero-order chi connectivity index (χ0) is 10.7. The number of nitrogens with two attached hydrogens (primary N) is 1. The van der Waals surface area contributed by atoms with E-state index in [1.54, 1.807) is 6.20 Å². The molecule has 4 nitrogen and oxygen atoms in total. The Hall–Kier alpha value is -1.29. The highest BCUT2D eigenvalue weighted by molar-refractivity contribution is 5.47. The number of hydrogen-bond acceptors (Lipinski definition) is 4. The Balaban J connectivity index is 2.10. The monoisotopic (exact) mass is 207 g/mol. The van der Waals surface area contributed by atoms with Crippen molar-refractivity contribution in [1.82, 2.24) is 10.3 Å². The van der Waals surface area contributed by atoms with Gasteiger partial charge in [-0.15, -0.1) is 0 Å². The zero-order valence-electron chi connectivity index (χ0n) is 8.99. The molecule has 15 heavy (non-hydrogen) atoms. The molecule has 82 valence electrons. The highest BCUT2D eigenvalue weighted by atomic mass is 16.5. The van der Waals surface area contributed by atoms with Crippen LogP contribution in [0.1, 0.15) is 19.8 Å². The lowest BCUT2D eigenvalue weighted by Crippen LogP contribution is -2.44. The van der Waals surface area contributed by atoms with Crippen molar-refractivity contribution in [3.05, 3.63) is 18.3 Å². The summed E-state index contributed by atoms with van der Waals surface area (Å²) in [6, 6.07) is 3.62. The van der Waals surface area contributed by atoms with Crippen LogP contribution in [0.3, 0.4) is 0 Å². The van der Waals surface area contributed by atoms with Crippen LogP contribution in [0.25, 0.3) is 0 Å². The minimum absolute atomic E-state index is 0.131. The average molecular weight is 207 g/mol. The lowest BCUT2D eigenvalue weighted by atomic mass is 9.94. The Bertz CT molecular complexity index is 334. The Morgan fingerprint density at radius 1 is 1.47 bits per heavy atom. The highest BCUT2D eigenvalue weighted by Gasteiger charge is 2.29. The third-order valence-electron chi connectivity index (χ3n) is 2.80. The van der Waals surface area contributed by atoms with Gasteiger partial charge in [0.25, 0.3) is 0 Å². The number of pyridine rings is 1. The molecule has 0 unspecified atom stereocenters.